The zero-order valence-electron chi connectivity index (χ0n) is 16.5. The molecule has 3 rings (SSSR count). The van der Waals surface area contributed by atoms with Crippen LogP contribution in [-0.4, -0.2) is 23.2 Å². The Morgan fingerprint density at radius 2 is 1.93 bits per heavy atom. The summed E-state index contributed by atoms with van der Waals surface area (Å²) < 4.78 is 12.5. The van der Waals surface area contributed by atoms with E-state index < -0.39 is 0 Å². The minimum atomic E-state index is -0.341. The van der Waals surface area contributed by atoms with Gasteiger partial charge in [0.15, 0.2) is 0 Å². The summed E-state index contributed by atoms with van der Waals surface area (Å²) in [5.74, 6) is 0.408. The van der Waals surface area contributed by atoms with Crippen molar-refractivity contribution in [1.29, 1.82) is 0 Å². The Labute approximate surface area is 164 Å². The van der Waals surface area contributed by atoms with Gasteiger partial charge in [-0.15, -0.1) is 0 Å². The topological polar surface area (TPSA) is 57.5 Å². The fourth-order valence-corrected chi connectivity index (χ4v) is 3.01. The lowest BCUT2D eigenvalue weighted by Crippen LogP contribution is -2.20. The van der Waals surface area contributed by atoms with E-state index in [1.165, 1.54) is 0 Å². The van der Waals surface area contributed by atoms with Crippen molar-refractivity contribution in [2.45, 2.75) is 39.8 Å². The van der Waals surface area contributed by atoms with Gasteiger partial charge in [-0.3, -0.25) is 4.79 Å². The van der Waals surface area contributed by atoms with Crippen LogP contribution in [0.25, 0.3) is 10.8 Å². The van der Waals surface area contributed by atoms with Crippen molar-refractivity contribution in [2.24, 2.45) is 0 Å². The lowest BCUT2D eigenvalue weighted by Gasteiger charge is -2.12. The number of pyridine rings is 1. The molecule has 0 aliphatic carbocycles. The SMILES string of the molecule is CCCOC(=O)c1cccc(Cn2ccc3cc(OC(C)C)ccc3c2=O)c1. The molecule has 2 aromatic carbocycles. The molecule has 3 aromatic rings. The summed E-state index contributed by atoms with van der Waals surface area (Å²) in [6.07, 6.45) is 2.63. The number of fused-ring (bicyclic) bond motifs is 1. The first-order chi connectivity index (χ1) is 13.5. The molecule has 1 heterocycles. The quantitative estimate of drug-likeness (QED) is 0.571. The van der Waals surface area contributed by atoms with Crippen molar-refractivity contribution in [3.63, 3.8) is 0 Å². The molecule has 0 saturated carbocycles. The van der Waals surface area contributed by atoms with Crippen LogP contribution in [0.3, 0.4) is 0 Å². The molecule has 5 heteroatoms. The molecule has 5 nitrogen and oxygen atoms in total. The van der Waals surface area contributed by atoms with Crippen LogP contribution in [0.1, 0.15) is 43.1 Å². The summed E-state index contributed by atoms with van der Waals surface area (Å²) in [5.41, 5.74) is 1.29. The maximum Gasteiger partial charge on any atom is 0.338 e. The van der Waals surface area contributed by atoms with Gasteiger partial charge in [0.1, 0.15) is 5.75 Å². The van der Waals surface area contributed by atoms with E-state index in [9.17, 15) is 9.59 Å². The predicted octanol–water partition coefficient (Wildman–Crippen LogP) is 4.40. The predicted molar refractivity (Wildman–Crippen MR) is 110 cm³/mol. The smallest absolute Gasteiger partial charge is 0.338 e. The lowest BCUT2D eigenvalue weighted by atomic mass is 10.1. The van der Waals surface area contributed by atoms with E-state index in [4.69, 9.17) is 9.47 Å². The molecule has 0 fully saturated rings. The highest BCUT2D eigenvalue weighted by atomic mass is 16.5. The van der Waals surface area contributed by atoms with E-state index in [2.05, 4.69) is 0 Å². The highest BCUT2D eigenvalue weighted by Gasteiger charge is 2.09. The first-order valence-corrected chi connectivity index (χ1v) is 9.54. The summed E-state index contributed by atoms with van der Waals surface area (Å²) in [4.78, 5) is 24.9. The third kappa shape index (κ3) is 4.60. The van der Waals surface area contributed by atoms with Crippen molar-refractivity contribution in [2.75, 3.05) is 6.61 Å². The second-order valence-electron chi connectivity index (χ2n) is 7.00. The van der Waals surface area contributed by atoms with Crippen LogP contribution in [0.4, 0.5) is 0 Å². The first kappa shape index (κ1) is 19.7. The Hall–Kier alpha value is -3.08. The van der Waals surface area contributed by atoms with E-state index in [0.29, 0.717) is 24.1 Å². The van der Waals surface area contributed by atoms with Crippen molar-refractivity contribution in [3.05, 3.63) is 76.2 Å². The van der Waals surface area contributed by atoms with Gasteiger partial charge < -0.3 is 14.0 Å². The number of carbonyl (C=O) groups excluding carboxylic acids is 1. The lowest BCUT2D eigenvalue weighted by molar-refractivity contribution is 0.0505. The van der Waals surface area contributed by atoms with Gasteiger partial charge in [-0.05, 0) is 67.6 Å². The van der Waals surface area contributed by atoms with Gasteiger partial charge in [0.25, 0.3) is 5.56 Å². The van der Waals surface area contributed by atoms with Gasteiger partial charge in [-0.25, -0.2) is 4.79 Å². The van der Waals surface area contributed by atoms with Crippen molar-refractivity contribution in [1.82, 2.24) is 4.57 Å². The first-order valence-electron chi connectivity index (χ1n) is 9.54. The second-order valence-corrected chi connectivity index (χ2v) is 7.00. The van der Waals surface area contributed by atoms with Gasteiger partial charge in [0, 0.05) is 11.6 Å². The monoisotopic (exact) mass is 379 g/mol. The van der Waals surface area contributed by atoms with Crippen LogP contribution in [-0.2, 0) is 11.3 Å². The molecule has 0 unspecified atom stereocenters. The molecule has 0 N–H and O–H groups in total. The second kappa shape index (κ2) is 8.74. The molecule has 146 valence electrons. The number of rotatable bonds is 7. The van der Waals surface area contributed by atoms with Crippen molar-refractivity contribution < 1.29 is 14.3 Å². The summed E-state index contributed by atoms with van der Waals surface area (Å²) in [6, 6.07) is 14.6. The van der Waals surface area contributed by atoms with Gasteiger partial charge in [-0.1, -0.05) is 19.1 Å². The van der Waals surface area contributed by atoms with Crippen LogP contribution in [0.5, 0.6) is 5.75 Å². The zero-order valence-corrected chi connectivity index (χ0v) is 16.5. The standard InChI is InChI=1S/C23H25NO4/c1-4-12-27-23(26)19-7-5-6-17(13-19)15-24-11-10-18-14-20(28-16(2)3)8-9-21(18)22(24)25/h5-11,13-14,16H,4,12,15H2,1-3H3. The number of esters is 1. The Bertz CT molecular complexity index is 1040. The molecule has 0 atom stereocenters. The largest absolute Gasteiger partial charge is 0.491 e. The van der Waals surface area contributed by atoms with Gasteiger partial charge in [-0.2, -0.15) is 0 Å². The Morgan fingerprint density at radius 3 is 2.68 bits per heavy atom. The number of ether oxygens (including phenoxy) is 2. The number of aromatic nitrogens is 1. The molecule has 1 aromatic heterocycles. The highest BCUT2D eigenvalue weighted by molar-refractivity contribution is 5.89. The molecular formula is C23H25NO4. The summed E-state index contributed by atoms with van der Waals surface area (Å²) in [5, 5.41) is 1.48. The maximum atomic E-state index is 12.9. The Morgan fingerprint density at radius 1 is 1.11 bits per heavy atom. The minimum absolute atomic E-state index is 0.0763. The average Bonchev–Trinajstić information content (AvgIpc) is 2.68. The van der Waals surface area contributed by atoms with Crippen LogP contribution in [0.15, 0.2) is 59.5 Å². The van der Waals surface area contributed by atoms with E-state index >= 15 is 0 Å². The van der Waals surface area contributed by atoms with Gasteiger partial charge in [0.05, 0.1) is 24.8 Å². The number of benzene rings is 2. The van der Waals surface area contributed by atoms with Crippen LogP contribution in [0, 0.1) is 0 Å². The van der Waals surface area contributed by atoms with Gasteiger partial charge >= 0.3 is 5.97 Å². The molecule has 0 amide bonds. The normalized spacial score (nSPS) is 11.0. The molecule has 0 aliphatic rings. The number of carbonyl (C=O) groups is 1. The molecule has 0 spiro atoms. The third-order valence-electron chi connectivity index (χ3n) is 4.27. The van der Waals surface area contributed by atoms with Gasteiger partial charge in [0.2, 0.25) is 0 Å². The fraction of sp³-hybridized carbons (Fsp3) is 0.304. The summed E-state index contributed by atoms with van der Waals surface area (Å²) in [7, 11) is 0. The molecule has 0 aliphatic heterocycles. The van der Waals surface area contributed by atoms with E-state index in [-0.39, 0.29) is 17.6 Å². The Kier molecular flexibility index (Phi) is 6.14. The number of nitrogens with zero attached hydrogens (tertiary/aromatic N) is 1. The summed E-state index contributed by atoms with van der Waals surface area (Å²) >= 11 is 0. The van der Waals surface area contributed by atoms with Crippen LogP contribution >= 0.6 is 0 Å². The molecular weight excluding hydrogens is 354 g/mol. The zero-order chi connectivity index (χ0) is 20.1. The summed E-state index contributed by atoms with van der Waals surface area (Å²) in [6.45, 7) is 6.67. The number of hydrogen-bond acceptors (Lipinski definition) is 4. The molecule has 0 bridgehead atoms. The van der Waals surface area contributed by atoms with Crippen LogP contribution in [0.2, 0.25) is 0 Å². The minimum Gasteiger partial charge on any atom is -0.491 e. The molecule has 0 radical (unpaired) electrons. The number of hydrogen-bond donors (Lipinski definition) is 0. The van der Waals surface area contributed by atoms with E-state index in [1.807, 2.05) is 45.0 Å². The van der Waals surface area contributed by atoms with Crippen molar-refractivity contribution in [3.8, 4) is 5.75 Å². The Balaban J connectivity index is 1.85. The molecule has 0 saturated heterocycles. The molecule has 28 heavy (non-hydrogen) atoms. The third-order valence-corrected chi connectivity index (χ3v) is 4.27. The van der Waals surface area contributed by atoms with E-state index in [1.54, 1.807) is 35.0 Å². The van der Waals surface area contributed by atoms with E-state index in [0.717, 1.165) is 23.1 Å². The maximum absolute atomic E-state index is 12.9. The van der Waals surface area contributed by atoms with Crippen LogP contribution < -0.4 is 10.3 Å². The van der Waals surface area contributed by atoms with Crippen molar-refractivity contribution >= 4 is 16.7 Å². The fourth-order valence-electron chi connectivity index (χ4n) is 3.01. The highest BCUT2D eigenvalue weighted by Crippen LogP contribution is 2.19. The average molecular weight is 379 g/mol.